The number of nitrogens with one attached hydrogen (secondary N) is 1. The van der Waals surface area contributed by atoms with Crippen molar-refractivity contribution in [2.24, 2.45) is 0 Å². The highest BCUT2D eigenvalue weighted by Crippen LogP contribution is 2.28. The molecule has 2 aromatic carbocycles. The molecule has 2 N–H and O–H groups in total. The molecule has 3 aromatic rings. The van der Waals surface area contributed by atoms with Gasteiger partial charge in [0.25, 0.3) is 0 Å². The van der Waals surface area contributed by atoms with Crippen LogP contribution in [0.4, 0.5) is 0 Å². The molecule has 0 fully saturated rings. The van der Waals surface area contributed by atoms with E-state index in [0.717, 1.165) is 11.1 Å². The Hall–Kier alpha value is -2.10. The van der Waals surface area contributed by atoms with Gasteiger partial charge in [-0.25, -0.2) is 0 Å². The van der Waals surface area contributed by atoms with Crippen LogP contribution in [0.3, 0.4) is 0 Å². The van der Waals surface area contributed by atoms with Crippen molar-refractivity contribution in [3.05, 3.63) is 71.9 Å². The van der Waals surface area contributed by atoms with Crippen LogP contribution in [0.25, 0.3) is 10.9 Å². The molecule has 1 aromatic heterocycles. The van der Waals surface area contributed by atoms with Crippen LogP contribution in [0.2, 0.25) is 0 Å². The fraction of sp³-hybridized carbons (Fsp3) is 0.263. The molecule has 22 heavy (non-hydrogen) atoms. The van der Waals surface area contributed by atoms with E-state index in [2.05, 4.69) is 59.4 Å². The van der Waals surface area contributed by atoms with E-state index < -0.39 is 6.10 Å². The predicted molar refractivity (Wildman–Crippen MR) is 91.2 cm³/mol. The molecular formula is C19H22N2O. The quantitative estimate of drug-likeness (QED) is 0.758. The second-order valence-corrected chi connectivity index (χ2v) is 5.77. The van der Waals surface area contributed by atoms with Crippen LogP contribution in [-0.4, -0.2) is 29.4 Å². The lowest BCUT2D eigenvalue weighted by Crippen LogP contribution is -2.33. The Kier molecular flexibility index (Phi) is 4.27. The molecule has 0 spiro atoms. The monoisotopic (exact) mass is 294 g/mol. The van der Waals surface area contributed by atoms with Crippen LogP contribution in [0.1, 0.15) is 17.2 Å². The maximum atomic E-state index is 10.7. The number of aliphatic hydroxyl groups excluding tert-OH is 1. The second kappa shape index (κ2) is 6.34. The number of nitrogens with zero attached hydrogens (tertiary/aromatic N) is 1. The van der Waals surface area contributed by atoms with Gasteiger partial charge in [0.2, 0.25) is 0 Å². The number of fused-ring (bicyclic) bond motifs is 1. The smallest absolute Gasteiger partial charge is 0.0912 e. The highest BCUT2D eigenvalue weighted by molar-refractivity contribution is 5.81. The zero-order chi connectivity index (χ0) is 15.5. The molecule has 2 unspecified atom stereocenters. The molecule has 0 saturated carbocycles. The molecule has 114 valence electrons. The minimum atomic E-state index is -0.497. The van der Waals surface area contributed by atoms with Crippen LogP contribution in [0.15, 0.2) is 60.8 Å². The lowest BCUT2D eigenvalue weighted by Gasteiger charge is -2.26. The Labute approximate surface area is 131 Å². The summed E-state index contributed by atoms with van der Waals surface area (Å²) in [5.41, 5.74) is 3.50. The van der Waals surface area contributed by atoms with Crippen LogP contribution >= 0.6 is 0 Å². The summed E-state index contributed by atoms with van der Waals surface area (Å²) in [6.07, 6.45) is 1.57. The van der Waals surface area contributed by atoms with Crippen LogP contribution in [0.5, 0.6) is 0 Å². The average Bonchev–Trinajstić information content (AvgIpc) is 2.92. The summed E-state index contributed by atoms with van der Waals surface area (Å²) in [6, 6.07) is 18.6. The number of hydrogen-bond donors (Lipinski definition) is 2. The molecule has 3 rings (SSSR count). The van der Waals surface area contributed by atoms with Crippen molar-refractivity contribution in [2.75, 3.05) is 13.6 Å². The summed E-state index contributed by atoms with van der Waals surface area (Å²) in [6.45, 7) is 2.64. The fourth-order valence-electron chi connectivity index (χ4n) is 3.04. The predicted octanol–water partition coefficient (Wildman–Crippen LogP) is 3.12. The molecule has 0 aliphatic rings. The Balaban J connectivity index is 2.13. The Morgan fingerprint density at radius 2 is 1.86 bits per heavy atom. The van der Waals surface area contributed by atoms with Gasteiger partial charge in [-0.2, -0.15) is 0 Å². The summed E-state index contributed by atoms with van der Waals surface area (Å²) < 4.78 is 2.18. The molecule has 0 amide bonds. The molecule has 3 heteroatoms. The van der Waals surface area contributed by atoms with Crippen LogP contribution < -0.4 is 5.32 Å². The maximum Gasteiger partial charge on any atom is 0.0912 e. The molecule has 0 radical (unpaired) electrons. The summed E-state index contributed by atoms with van der Waals surface area (Å²) in [5.74, 6) is 0. The minimum absolute atomic E-state index is 0.104. The van der Waals surface area contributed by atoms with Gasteiger partial charge in [-0.1, -0.05) is 42.5 Å². The molecular weight excluding hydrogens is 272 g/mol. The lowest BCUT2D eigenvalue weighted by atomic mass is 10.0. The van der Waals surface area contributed by atoms with Gasteiger partial charge >= 0.3 is 0 Å². The van der Waals surface area contributed by atoms with Crippen molar-refractivity contribution in [1.82, 2.24) is 9.88 Å². The molecule has 0 bridgehead atoms. The molecule has 1 heterocycles. The van der Waals surface area contributed by atoms with E-state index in [9.17, 15) is 5.11 Å². The maximum absolute atomic E-state index is 10.7. The molecule has 0 saturated heterocycles. The van der Waals surface area contributed by atoms with Crippen molar-refractivity contribution in [3.8, 4) is 0 Å². The van der Waals surface area contributed by atoms with Crippen molar-refractivity contribution in [2.45, 2.75) is 19.1 Å². The first kappa shape index (κ1) is 14.8. The summed E-state index contributed by atoms with van der Waals surface area (Å²) in [4.78, 5) is 0. The average molecular weight is 294 g/mol. The Morgan fingerprint density at radius 1 is 1.09 bits per heavy atom. The zero-order valence-electron chi connectivity index (χ0n) is 13.0. The van der Waals surface area contributed by atoms with Crippen LogP contribution in [0, 0.1) is 6.92 Å². The number of aliphatic hydroxyl groups is 1. The number of aromatic nitrogens is 1. The van der Waals surface area contributed by atoms with E-state index in [-0.39, 0.29) is 6.04 Å². The Morgan fingerprint density at radius 3 is 2.59 bits per heavy atom. The Bertz CT molecular complexity index is 748. The summed E-state index contributed by atoms with van der Waals surface area (Å²) >= 11 is 0. The molecule has 0 aliphatic heterocycles. The van der Waals surface area contributed by atoms with E-state index in [1.54, 1.807) is 0 Å². The first-order chi connectivity index (χ1) is 10.7. The van der Waals surface area contributed by atoms with Gasteiger partial charge in [0.1, 0.15) is 0 Å². The first-order valence-electron chi connectivity index (χ1n) is 7.65. The topological polar surface area (TPSA) is 37.2 Å². The molecule has 0 aliphatic carbocycles. The van der Waals surface area contributed by atoms with Gasteiger partial charge in [-0.3, -0.25) is 0 Å². The normalized spacial score (nSPS) is 14.1. The van der Waals surface area contributed by atoms with Crippen molar-refractivity contribution in [1.29, 1.82) is 0 Å². The number of rotatable bonds is 5. The molecule has 2 atom stereocenters. The highest BCUT2D eigenvalue weighted by Gasteiger charge is 2.23. The number of benzene rings is 2. The van der Waals surface area contributed by atoms with Crippen molar-refractivity contribution < 1.29 is 5.11 Å². The van der Waals surface area contributed by atoms with Crippen molar-refractivity contribution in [3.63, 3.8) is 0 Å². The van der Waals surface area contributed by atoms with Crippen LogP contribution in [-0.2, 0) is 0 Å². The number of aryl methyl sites for hydroxylation is 1. The largest absolute Gasteiger partial charge is 0.389 e. The van der Waals surface area contributed by atoms with E-state index >= 15 is 0 Å². The fourth-order valence-corrected chi connectivity index (χ4v) is 3.04. The summed E-state index contributed by atoms with van der Waals surface area (Å²) in [5, 5.41) is 15.0. The highest BCUT2D eigenvalue weighted by atomic mass is 16.3. The van der Waals surface area contributed by atoms with Gasteiger partial charge in [0.15, 0.2) is 0 Å². The third kappa shape index (κ3) is 2.78. The third-order valence-electron chi connectivity index (χ3n) is 4.10. The van der Waals surface area contributed by atoms with E-state index in [4.69, 9.17) is 0 Å². The van der Waals surface area contributed by atoms with Gasteiger partial charge in [0, 0.05) is 18.3 Å². The van der Waals surface area contributed by atoms with E-state index in [0.29, 0.717) is 6.54 Å². The van der Waals surface area contributed by atoms with Crippen molar-refractivity contribution >= 4 is 10.9 Å². The molecule has 3 nitrogen and oxygen atoms in total. The standard InChI is InChI=1S/C19H22N2O/c1-14-8-9-15-10-11-21(17(15)12-14)19(18(22)13-20-2)16-6-4-3-5-7-16/h3-12,18-20,22H,13H2,1-2H3. The lowest BCUT2D eigenvalue weighted by molar-refractivity contribution is 0.132. The minimum Gasteiger partial charge on any atom is -0.389 e. The number of likely N-dealkylation sites (N-methyl/N-ethyl adjacent to an activating group) is 1. The van der Waals surface area contributed by atoms with Gasteiger partial charge < -0.3 is 15.0 Å². The van der Waals surface area contributed by atoms with Gasteiger partial charge in [-0.05, 0) is 42.6 Å². The van der Waals surface area contributed by atoms with E-state index in [1.165, 1.54) is 10.9 Å². The van der Waals surface area contributed by atoms with Gasteiger partial charge in [-0.15, -0.1) is 0 Å². The second-order valence-electron chi connectivity index (χ2n) is 5.77. The van der Waals surface area contributed by atoms with E-state index in [1.807, 2.05) is 25.2 Å². The third-order valence-corrected chi connectivity index (χ3v) is 4.10. The summed E-state index contributed by atoms with van der Waals surface area (Å²) in [7, 11) is 1.86. The SMILES string of the molecule is CNCC(O)C(c1ccccc1)n1ccc2ccc(C)cc21. The zero-order valence-corrected chi connectivity index (χ0v) is 13.0. The van der Waals surface area contributed by atoms with Gasteiger partial charge in [0.05, 0.1) is 12.1 Å². The first-order valence-corrected chi connectivity index (χ1v) is 7.65. The number of hydrogen-bond acceptors (Lipinski definition) is 2.